The Labute approximate surface area is 152 Å². The van der Waals surface area contributed by atoms with Crippen LogP contribution in [0, 0.1) is 0 Å². The third kappa shape index (κ3) is 6.19. The maximum absolute atomic E-state index is 11.9. The molecule has 0 bridgehead atoms. The molecular weight excluding hydrogens is 334 g/mol. The second-order valence-electron chi connectivity index (χ2n) is 6.72. The number of ether oxygens (including phenoxy) is 1. The zero-order valence-corrected chi connectivity index (χ0v) is 15.7. The number of carbonyl (C=O) groups is 2. The van der Waals surface area contributed by atoms with E-state index in [-0.39, 0.29) is 11.4 Å². The van der Waals surface area contributed by atoms with Gasteiger partial charge in [-0.25, -0.2) is 4.79 Å². The minimum Gasteiger partial charge on any atom is -0.449 e. The van der Waals surface area contributed by atoms with Gasteiger partial charge in [0.25, 0.3) is 5.91 Å². The molecule has 0 aliphatic carbocycles. The van der Waals surface area contributed by atoms with Gasteiger partial charge in [-0.3, -0.25) is 4.79 Å². The summed E-state index contributed by atoms with van der Waals surface area (Å²) in [5, 5.41) is 2.78. The summed E-state index contributed by atoms with van der Waals surface area (Å²) in [6.45, 7) is 7.19. The average molecular weight is 357 g/mol. The zero-order valence-electron chi connectivity index (χ0n) is 14.9. The average Bonchev–Trinajstić information content (AvgIpc) is 3.01. The number of amides is 1. The minimum atomic E-state index is -0.834. The van der Waals surface area contributed by atoms with Crippen molar-refractivity contribution < 1.29 is 14.3 Å². The Hall–Kier alpha value is -2.40. The summed E-state index contributed by atoms with van der Waals surface area (Å²) in [6.07, 6.45) is 2.22. The van der Waals surface area contributed by atoms with Crippen LogP contribution in [-0.4, -0.2) is 23.5 Å². The van der Waals surface area contributed by atoms with E-state index in [4.69, 9.17) is 4.74 Å². The summed E-state index contributed by atoms with van der Waals surface area (Å²) >= 11 is 1.59. The normalized spacial score (nSPS) is 12.8. The molecule has 0 saturated carbocycles. The first-order valence-corrected chi connectivity index (χ1v) is 8.92. The van der Waals surface area contributed by atoms with Crippen LogP contribution in [0.4, 0.5) is 0 Å². The number of hydrogen-bond acceptors (Lipinski definition) is 4. The lowest BCUT2D eigenvalue weighted by molar-refractivity contribution is -0.150. The van der Waals surface area contributed by atoms with Crippen molar-refractivity contribution in [2.24, 2.45) is 0 Å². The van der Waals surface area contributed by atoms with E-state index < -0.39 is 12.1 Å². The smallest absolute Gasteiger partial charge is 0.331 e. The second-order valence-corrected chi connectivity index (χ2v) is 7.84. The lowest BCUT2D eigenvalue weighted by atomic mass is 10.1. The van der Waals surface area contributed by atoms with Gasteiger partial charge in [-0.15, -0.1) is 11.3 Å². The van der Waals surface area contributed by atoms with E-state index in [0.29, 0.717) is 0 Å². The number of carbonyl (C=O) groups excluding carboxylic acids is 2. The molecule has 1 heterocycles. The minimum absolute atomic E-state index is 0.309. The SMILES string of the molecule is C[C@@H](OC(=O)/C=C/c1ccc(-c2ccccc2)s1)C(=O)NC(C)(C)C. The molecule has 25 heavy (non-hydrogen) atoms. The molecule has 0 unspecified atom stereocenters. The van der Waals surface area contributed by atoms with Crippen LogP contribution in [-0.2, 0) is 14.3 Å². The first-order chi connectivity index (χ1) is 11.7. The molecule has 1 N–H and O–H groups in total. The van der Waals surface area contributed by atoms with Crippen LogP contribution in [0.3, 0.4) is 0 Å². The largest absolute Gasteiger partial charge is 0.449 e. The van der Waals surface area contributed by atoms with Crippen LogP contribution >= 0.6 is 11.3 Å². The Morgan fingerprint density at radius 1 is 1.12 bits per heavy atom. The maximum atomic E-state index is 11.9. The van der Waals surface area contributed by atoms with E-state index in [2.05, 4.69) is 5.32 Å². The molecule has 1 atom stereocenters. The fourth-order valence-corrected chi connectivity index (χ4v) is 3.00. The highest BCUT2D eigenvalue weighted by Crippen LogP contribution is 2.28. The molecule has 0 aliphatic rings. The van der Waals surface area contributed by atoms with Gasteiger partial charge in [0, 0.05) is 21.4 Å². The first kappa shape index (κ1) is 18.9. The monoisotopic (exact) mass is 357 g/mol. The Bertz CT molecular complexity index is 757. The fourth-order valence-electron chi connectivity index (χ4n) is 2.09. The van der Waals surface area contributed by atoms with Gasteiger partial charge in [0.1, 0.15) is 0 Å². The molecule has 0 radical (unpaired) electrons. The molecule has 132 valence electrons. The summed E-state index contributed by atoms with van der Waals surface area (Å²) in [7, 11) is 0. The maximum Gasteiger partial charge on any atom is 0.331 e. The van der Waals surface area contributed by atoms with Crippen molar-refractivity contribution in [3.05, 3.63) is 53.4 Å². The van der Waals surface area contributed by atoms with E-state index in [0.717, 1.165) is 15.3 Å². The predicted molar refractivity (Wildman–Crippen MR) is 102 cm³/mol. The van der Waals surface area contributed by atoms with Crippen LogP contribution in [0.15, 0.2) is 48.5 Å². The summed E-state index contributed by atoms with van der Waals surface area (Å²) < 4.78 is 5.14. The molecule has 0 spiro atoms. The Morgan fingerprint density at radius 2 is 1.80 bits per heavy atom. The van der Waals surface area contributed by atoms with Crippen LogP contribution < -0.4 is 5.32 Å². The number of benzene rings is 1. The predicted octanol–water partition coefficient (Wildman–Crippen LogP) is 4.27. The molecule has 1 aromatic carbocycles. The third-order valence-corrected chi connectivity index (χ3v) is 4.33. The molecule has 2 rings (SSSR count). The topological polar surface area (TPSA) is 55.4 Å². The number of esters is 1. The van der Waals surface area contributed by atoms with E-state index in [1.165, 1.54) is 6.08 Å². The molecular formula is C20H23NO3S. The lowest BCUT2D eigenvalue weighted by Gasteiger charge is -2.22. The second kappa shape index (κ2) is 8.12. The van der Waals surface area contributed by atoms with Gasteiger partial charge >= 0.3 is 5.97 Å². The molecule has 1 aromatic heterocycles. The summed E-state index contributed by atoms with van der Waals surface area (Å²) in [6, 6.07) is 14.0. The first-order valence-electron chi connectivity index (χ1n) is 8.10. The van der Waals surface area contributed by atoms with Crippen molar-refractivity contribution in [1.29, 1.82) is 0 Å². The van der Waals surface area contributed by atoms with Gasteiger partial charge in [0.2, 0.25) is 0 Å². The Morgan fingerprint density at radius 3 is 2.44 bits per heavy atom. The highest BCUT2D eigenvalue weighted by atomic mass is 32.1. The van der Waals surface area contributed by atoms with Crippen LogP contribution in [0.2, 0.25) is 0 Å². The molecule has 0 fully saturated rings. The van der Waals surface area contributed by atoms with Crippen LogP contribution in [0.5, 0.6) is 0 Å². The quantitative estimate of drug-likeness (QED) is 0.642. The fraction of sp³-hybridized carbons (Fsp3) is 0.300. The molecule has 2 aromatic rings. The number of thiophene rings is 1. The number of hydrogen-bond donors (Lipinski definition) is 1. The summed E-state index contributed by atoms with van der Waals surface area (Å²) in [5.74, 6) is -0.844. The third-order valence-electron chi connectivity index (χ3n) is 3.23. The number of rotatable bonds is 5. The van der Waals surface area contributed by atoms with Crippen molar-refractivity contribution in [2.75, 3.05) is 0 Å². The van der Waals surface area contributed by atoms with Crippen molar-refractivity contribution in [3.63, 3.8) is 0 Å². The molecule has 4 nitrogen and oxygen atoms in total. The van der Waals surface area contributed by atoms with Crippen molar-refractivity contribution in [2.45, 2.75) is 39.3 Å². The van der Waals surface area contributed by atoms with Gasteiger partial charge in [-0.2, -0.15) is 0 Å². The number of nitrogens with one attached hydrogen (secondary N) is 1. The van der Waals surface area contributed by atoms with E-state index >= 15 is 0 Å². The lowest BCUT2D eigenvalue weighted by Crippen LogP contribution is -2.46. The van der Waals surface area contributed by atoms with E-state index in [1.54, 1.807) is 24.3 Å². The van der Waals surface area contributed by atoms with Gasteiger partial charge < -0.3 is 10.1 Å². The molecule has 1 amide bonds. The molecule has 0 aliphatic heterocycles. The molecule has 5 heteroatoms. The van der Waals surface area contributed by atoms with E-state index in [9.17, 15) is 9.59 Å². The summed E-state index contributed by atoms with van der Waals surface area (Å²) in [4.78, 5) is 25.9. The van der Waals surface area contributed by atoms with Crippen molar-refractivity contribution >= 4 is 29.3 Å². The summed E-state index contributed by atoms with van der Waals surface area (Å²) in [5.41, 5.74) is 0.778. The van der Waals surface area contributed by atoms with Gasteiger partial charge in [-0.05, 0) is 51.5 Å². The Balaban J connectivity index is 1.92. The highest BCUT2D eigenvalue weighted by molar-refractivity contribution is 7.16. The molecule has 0 saturated heterocycles. The van der Waals surface area contributed by atoms with E-state index in [1.807, 2.05) is 63.2 Å². The van der Waals surface area contributed by atoms with Crippen molar-refractivity contribution in [3.8, 4) is 10.4 Å². The highest BCUT2D eigenvalue weighted by Gasteiger charge is 2.21. The van der Waals surface area contributed by atoms with Crippen molar-refractivity contribution in [1.82, 2.24) is 5.32 Å². The Kier molecular flexibility index (Phi) is 6.15. The standard InChI is InChI=1S/C20H23NO3S/c1-14(19(23)21-20(2,3)4)24-18(22)13-11-16-10-12-17(25-16)15-8-6-5-7-9-15/h5-14H,1-4H3,(H,21,23)/b13-11+/t14-/m1/s1. The zero-order chi connectivity index (χ0) is 18.4. The van der Waals surface area contributed by atoms with Gasteiger partial charge in [0.05, 0.1) is 0 Å². The van der Waals surface area contributed by atoms with Crippen LogP contribution in [0.1, 0.15) is 32.6 Å². The van der Waals surface area contributed by atoms with Gasteiger partial charge in [0.15, 0.2) is 6.10 Å². The van der Waals surface area contributed by atoms with Gasteiger partial charge in [-0.1, -0.05) is 30.3 Å². The van der Waals surface area contributed by atoms with Crippen LogP contribution in [0.25, 0.3) is 16.5 Å².